The highest BCUT2D eigenvalue weighted by Gasteiger charge is 2.27. The van der Waals surface area contributed by atoms with Crippen LogP contribution in [-0.2, 0) is 0 Å². The van der Waals surface area contributed by atoms with E-state index in [4.69, 9.17) is 10.8 Å². The van der Waals surface area contributed by atoms with E-state index in [1.165, 1.54) is 19.2 Å². The Morgan fingerprint density at radius 1 is 1.50 bits per heavy atom. The fraction of sp³-hybridized carbons (Fsp3) is 0.636. The van der Waals surface area contributed by atoms with Crippen LogP contribution in [0.3, 0.4) is 0 Å². The maximum absolute atomic E-state index is 8.99. The molecule has 0 unspecified atom stereocenters. The van der Waals surface area contributed by atoms with Crippen LogP contribution >= 0.6 is 0 Å². The van der Waals surface area contributed by atoms with Gasteiger partial charge in [0.2, 0.25) is 0 Å². The van der Waals surface area contributed by atoms with E-state index >= 15 is 0 Å². The third-order valence-corrected chi connectivity index (χ3v) is 3.22. The van der Waals surface area contributed by atoms with Gasteiger partial charge in [-0.25, -0.2) is 9.97 Å². The van der Waals surface area contributed by atoms with Crippen molar-refractivity contribution in [1.29, 1.82) is 0 Å². The Labute approximate surface area is 95.1 Å². The maximum atomic E-state index is 8.99. The van der Waals surface area contributed by atoms with Gasteiger partial charge in [0.25, 0.3) is 0 Å². The first-order valence-electron chi connectivity index (χ1n) is 5.74. The standard InChI is InChI=1S/C11H18N4O/c12-9-6-13-7-14-11(9)15-10-3-1-2-8(10)4-5-16/h6-8,10,16H,1-5,12H2,(H,13,14,15)/t8-,10+/m1/s1. The van der Waals surface area contributed by atoms with Crippen LogP contribution in [0.15, 0.2) is 12.5 Å². The first kappa shape index (κ1) is 11.1. The van der Waals surface area contributed by atoms with Crippen molar-refractivity contribution in [2.24, 2.45) is 5.92 Å². The second kappa shape index (κ2) is 5.12. The van der Waals surface area contributed by atoms with Crippen molar-refractivity contribution in [3.63, 3.8) is 0 Å². The largest absolute Gasteiger partial charge is 0.396 e. The fourth-order valence-electron chi connectivity index (χ4n) is 2.37. The molecule has 2 rings (SSSR count). The van der Waals surface area contributed by atoms with E-state index in [1.807, 2.05) is 0 Å². The van der Waals surface area contributed by atoms with Crippen molar-refractivity contribution in [2.45, 2.75) is 31.7 Å². The van der Waals surface area contributed by atoms with Crippen LogP contribution in [0.25, 0.3) is 0 Å². The molecule has 88 valence electrons. The molecule has 1 aliphatic rings. The minimum atomic E-state index is 0.252. The molecule has 1 aromatic rings. The van der Waals surface area contributed by atoms with E-state index in [0.29, 0.717) is 23.5 Å². The average Bonchev–Trinajstić information content (AvgIpc) is 2.70. The van der Waals surface area contributed by atoms with Gasteiger partial charge in [-0.15, -0.1) is 0 Å². The summed E-state index contributed by atoms with van der Waals surface area (Å²) >= 11 is 0. The number of rotatable bonds is 4. The van der Waals surface area contributed by atoms with Crippen molar-refractivity contribution in [3.05, 3.63) is 12.5 Å². The van der Waals surface area contributed by atoms with E-state index in [0.717, 1.165) is 12.8 Å². The normalized spacial score (nSPS) is 24.6. The summed E-state index contributed by atoms with van der Waals surface area (Å²) in [5.74, 6) is 1.24. The molecule has 0 aromatic carbocycles. The van der Waals surface area contributed by atoms with Crippen LogP contribution in [0, 0.1) is 5.92 Å². The molecule has 1 aliphatic carbocycles. The van der Waals surface area contributed by atoms with Gasteiger partial charge < -0.3 is 16.2 Å². The first-order chi connectivity index (χ1) is 7.81. The molecule has 1 saturated carbocycles. The van der Waals surface area contributed by atoms with E-state index in [1.54, 1.807) is 6.20 Å². The van der Waals surface area contributed by atoms with Crippen molar-refractivity contribution in [3.8, 4) is 0 Å². The number of anilines is 2. The SMILES string of the molecule is Nc1cncnc1N[C@H]1CCC[C@@H]1CCO. The van der Waals surface area contributed by atoms with Crippen LogP contribution in [0.2, 0.25) is 0 Å². The van der Waals surface area contributed by atoms with E-state index < -0.39 is 0 Å². The molecule has 4 N–H and O–H groups in total. The highest BCUT2D eigenvalue weighted by Crippen LogP contribution is 2.31. The summed E-state index contributed by atoms with van der Waals surface area (Å²) in [7, 11) is 0. The van der Waals surface area contributed by atoms with Crippen molar-refractivity contribution in [2.75, 3.05) is 17.7 Å². The van der Waals surface area contributed by atoms with Gasteiger partial charge in [0.15, 0.2) is 5.82 Å². The Bertz CT molecular complexity index is 345. The summed E-state index contributed by atoms with van der Waals surface area (Å²) in [6.07, 6.45) is 7.44. The topological polar surface area (TPSA) is 84.1 Å². The molecular weight excluding hydrogens is 204 g/mol. The quantitative estimate of drug-likeness (QED) is 0.708. The molecule has 1 aromatic heterocycles. The molecule has 1 heterocycles. The molecule has 16 heavy (non-hydrogen) atoms. The number of nitrogens with one attached hydrogen (secondary N) is 1. The molecule has 0 saturated heterocycles. The van der Waals surface area contributed by atoms with E-state index in [-0.39, 0.29) is 6.61 Å². The van der Waals surface area contributed by atoms with Crippen molar-refractivity contribution >= 4 is 11.5 Å². The average molecular weight is 222 g/mol. The highest BCUT2D eigenvalue weighted by atomic mass is 16.3. The first-order valence-corrected chi connectivity index (χ1v) is 5.74. The van der Waals surface area contributed by atoms with Crippen LogP contribution in [0.1, 0.15) is 25.7 Å². The number of aliphatic hydroxyl groups is 1. The summed E-state index contributed by atoms with van der Waals surface area (Å²) in [6.45, 7) is 0.252. The predicted molar refractivity (Wildman–Crippen MR) is 62.9 cm³/mol. The van der Waals surface area contributed by atoms with Gasteiger partial charge in [0.05, 0.1) is 11.9 Å². The summed E-state index contributed by atoms with van der Waals surface area (Å²) in [4.78, 5) is 7.99. The second-order valence-electron chi connectivity index (χ2n) is 4.28. The lowest BCUT2D eigenvalue weighted by Crippen LogP contribution is -2.25. The Hall–Kier alpha value is -1.36. The highest BCUT2D eigenvalue weighted by molar-refractivity contribution is 5.59. The summed E-state index contributed by atoms with van der Waals surface area (Å²) < 4.78 is 0. The Morgan fingerprint density at radius 3 is 3.12 bits per heavy atom. The zero-order valence-electron chi connectivity index (χ0n) is 9.26. The van der Waals surface area contributed by atoms with Crippen LogP contribution in [-0.4, -0.2) is 27.7 Å². The van der Waals surface area contributed by atoms with Crippen molar-refractivity contribution in [1.82, 2.24) is 9.97 Å². The minimum Gasteiger partial charge on any atom is -0.396 e. The molecule has 0 spiro atoms. The summed E-state index contributed by atoms with van der Waals surface area (Å²) in [6, 6.07) is 0.379. The van der Waals surface area contributed by atoms with Gasteiger partial charge in [-0.2, -0.15) is 0 Å². The Kier molecular flexibility index (Phi) is 3.56. The molecule has 5 heteroatoms. The molecule has 5 nitrogen and oxygen atoms in total. The summed E-state index contributed by atoms with van der Waals surface area (Å²) in [5.41, 5.74) is 6.36. The van der Waals surface area contributed by atoms with Crippen LogP contribution in [0.4, 0.5) is 11.5 Å². The lowest BCUT2D eigenvalue weighted by Gasteiger charge is -2.21. The third-order valence-electron chi connectivity index (χ3n) is 3.22. The van der Waals surface area contributed by atoms with Gasteiger partial charge in [0, 0.05) is 12.6 Å². The van der Waals surface area contributed by atoms with Crippen LogP contribution in [0.5, 0.6) is 0 Å². The van der Waals surface area contributed by atoms with Gasteiger partial charge >= 0.3 is 0 Å². The number of aliphatic hydroxyl groups excluding tert-OH is 1. The number of hydrogen-bond acceptors (Lipinski definition) is 5. The number of nitrogen functional groups attached to an aromatic ring is 1. The zero-order chi connectivity index (χ0) is 11.4. The van der Waals surface area contributed by atoms with E-state index in [9.17, 15) is 0 Å². The smallest absolute Gasteiger partial charge is 0.152 e. The van der Waals surface area contributed by atoms with Gasteiger partial charge in [-0.05, 0) is 25.2 Å². The van der Waals surface area contributed by atoms with Crippen molar-refractivity contribution < 1.29 is 5.11 Å². The van der Waals surface area contributed by atoms with Gasteiger partial charge in [-0.1, -0.05) is 6.42 Å². The van der Waals surface area contributed by atoms with Gasteiger partial charge in [-0.3, -0.25) is 0 Å². The number of aromatic nitrogens is 2. The van der Waals surface area contributed by atoms with Gasteiger partial charge in [0.1, 0.15) is 6.33 Å². The maximum Gasteiger partial charge on any atom is 0.152 e. The molecule has 0 radical (unpaired) electrons. The minimum absolute atomic E-state index is 0.252. The Balaban J connectivity index is 2.01. The number of nitrogens with two attached hydrogens (primary N) is 1. The summed E-state index contributed by atoms with van der Waals surface area (Å²) in [5, 5.41) is 12.3. The molecule has 1 fully saturated rings. The molecule has 0 aliphatic heterocycles. The lowest BCUT2D eigenvalue weighted by molar-refractivity contribution is 0.254. The number of hydrogen-bond donors (Lipinski definition) is 3. The predicted octanol–water partition coefficient (Wildman–Crippen LogP) is 1.02. The fourth-order valence-corrected chi connectivity index (χ4v) is 2.37. The second-order valence-corrected chi connectivity index (χ2v) is 4.28. The molecular formula is C11H18N4O. The van der Waals surface area contributed by atoms with Crippen LogP contribution < -0.4 is 11.1 Å². The third kappa shape index (κ3) is 2.41. The molecule has 2 atom stereocenters. The number of nitrogens with zero attached hydrogens (tertiary/aromatic N) is 2. The van der Waals surface area contributed by atoms with E-state index in [2.05, 4.69) is 15.3 Å². The molecule has 0 amide bonds. The Morgan fingerprint density at radius 2 is 2.38 bits per heavy atom. The lowest BCUT2D eigenvalue weighted by atomic mass is 10.00. The molecule has 0 bridgehead atoms. The zero-order valence-corrected chi connectivity index (χ0v) is 9.26. The monoisotopic (exact) mass is 222 g/mol.